The summed E-state index contributed by atoms with van der Waals surface area (Å²) >= 11 is 0. The van der Waals surface area contributed by atoms with Crippen LogP contribution in [0.4, 0.5) is 0 Å². The van der Waals surface area contributed by atoms with Gasteiger partial charge in [-0.25, -0.2) is 0 Å². The van der Waals surface area contributed by atoms with E-state index in [9.17, 15) is 19.5 Å². The van der Waals surface area contributed by atoms with Gasteiger partial charge in [0.1, 0.15) is 11.6 Å². The SMILES string of the molecule is CCCNC(=O)[C@@H]1[C@H]2C(=O)N([C@H](CO)c3ccccc3)C(C(=O)NCCN3CCOCC3)C23CC[C@@]1(C)O3. The van der Waals surface area contributed by atoms with Crippen molar-refractivity contribution in [3.63, 3.8) is 0 Å². The van der Waals surface area contributed by atoms with Gasteiger partial charge < -0.3 is 30.1 Å². The fourth-order valence-electron chi connectivity index (χ4n) is 7.05. The van der Waals surface area contributed by atoms with E-state index in [1.807, 2.05) is 44.2 Å². The van der Waals surface area contributed by atoms with Gasteiger partial charge in [0.25, 0.3) is 0 Å². The molecule has 5 rings (SSSR count). The number of hydrogen-bond acceptors (Lipinski definition) is 7. The summed E-state index contributed by atoms with van der Waals surface area (Å²) in [6.07, 6.45) is 1.87. The molecule has 3 amide bonds. The van der Waals surface area contributed by atoms with Crippen LogP contribution in [-0.2, 0) is 23.9 Å². The van der Waals surface area contributed by atoms with Gasteiger partial charge in [-0.1, -0.05) is 37.3 Å². The maximum Gasteiger partial charge on any atom is 0.245 e. The van der Waals surface area contributed by atoms with Crippen molar-refractivity contribution in [2.24, 2.45) is 11.8 Å². The number of rotatable bonds is 10. The van der Waals surface area contributed by atoms with Gasteiger partial charge in [0.05, 0.1) is 43.3 Å². The fraction of sp³-hybridized carbons (Fsp3) is 0.679. The summed E-state index contributed by atoms with van der Waals surface area (Å²) in [5.41, 5.74) is -1.21. The fourth-order valence-corrected chi connectivity index (χ4v) is 7.05. The van der Waals surface area contributed by atoms with E-state index in [0.717, 1.165) is 25.1 Å². The lowest BCUT2D eigenvalue weighted by Crippen LogP contribution is -2.57. The second-order valence-electron chi connectivity index (χ2n) is 11.1. The summed E-state index contributed by atoms with van der Waals surface area (Å²) in [7, 11) is 0. The number of aliphatic hydroxyl groups excluding tert-OH is 1. The Morgan fingerprint density at radius 2 is 1.82 bits per heavy atom. The Morgan fingerprint density at radius 3 is 2.50 bits per heavy atom. The number of carbonyl (C=O) groups is 3. The van der Waals surface area contributed by atoms with E-state index in [1.54, 1.807) is 0 Å². The molecule has 1 spiro atoms. The molecule has 10 nitrogen and oxygen atoms in total. The van der Waals surface area contributed by atoms with Crippen molar-refractivity contribution >= 4 is 17.7 Å². The molecule has 3 N–H and O–H groups in total. The summed E-state index contributed by atoms with van der Waals surface area (Å²) in [5, 5.41) is 16.5. The zero-order chi connectivity index (χ0) is 26.9. The zero-order valence-electron chi connectivity index (χ0n) is 22.4. The number of nitrogens with one attached hydrogen (secondary N) is 2. The molecule has 0 saturated carbocycles. The predicted octanol–water partition coefficient (Wildman–Crippen LogP) is 0.459. The number of amides is 3. The number of aliphatic hydroxyl groups is 1. The largest absolute Gasteiger partial charge is 0.394 e. The first kappa shape index (κ1) is 27.1. The highest BCUT2D eigenvalue weighted by Gasteiger charge is 2.78. The second-order valence-corrected chi connectivity index (χ2v) is 11.1. The standard InChI is InChI=1S/C28H40N4O6/c1-3-11-29-24(34)21-22-26(36)32(20(18-33)19-7-5-4-6-8-19)23(28(22)10-9-27(21,2)38-28)25(35)30-12-13-31-14-16-37-17-15-31/h4-8,20-23,33H,3,9-18H2,1-2H3,(H,29,34)(H,30,35)/t20-,21+,22+,23?,27-,28?/m1/s1. The van der Waals surface area contributed by atoms with Crippen LogP contribution < -0.4 is 10.6 Å². The molecule has 208 valence electrons. The number of likely N-dealkylation sites (tertiary alicyclic amines) is 1. The number of morpholine rings is 1. The van der Waals surface area contributed by atoms with Gasteiger partial charge in [-0.15, -0.1) is 0 Å². The number of nitrogens with zero attached hydrogens (tertiary/aromatic N) is 2. The molecular weight excluding hydrogens is 488 g/mol. The van der Waals surface area contributed by atoms with Crippen LogP contribution in [0.3, 0.4) is 0 Å². The lowest BCUT2D eigenvalue weighted by Gasteiger charge is -2.37. The molecule has 0 aliphatic carbocycles. The molecular formula is C28H40N4O6. The van der Waals surface area contributed by atoms with Gasteiger partial charge in [0.2, 0.25) is 17.7 Å². The molecule has 4 aliphatic heterocycles. The van der Waals surface area contributed by atoms with Crippen LogP contribution in [0.15, 0.2) is 30.3 Å². The van der Waals surface area contributed by atoms with Crippen molar-refractivity contribution in [1.82, 2.24) is 20.4 Å². The molecule has 10 heteroatoms. The quantitative estimate of drug-likeness (QED) is 0.404. The minimum atomic E-state index is -1.12. The third kappa shape index (κ3) is 4.51. The van der Waals surface area contributed by atoms with Crippen LogP contribution in [0, 0.1) is 11.8 Å². The Bertz CT molecular complexity index is 1030. The maximum atomic E-state index is 14.3. The van der Waals surface area contributed by atoms with E-state index >= 15 is 0 Å². The van der Waals surface area contributed by atoms with Crippen LogP contribution in [0.25, 0.3) is 0 Å². The highest BCUT2D eigenvalue weighted by atomic mass is 16.5. The molecule has 4 saturated heterocycles. The number of carbonyl (C=O) groups excluding carboxylic acids is 3. The molecule has 1 aromatic carbocycles. The van der Waals surface area contributed by atoms with Crippen LogP contribution >= 0.6 is 0 Å². The van der Waals surface area contributed by atoms with Crippen molar-refractivity contribution in [1.29, 1.82) is 0 Å². The number of ether oxygens (including phenoxy) is 2. The van der Waals surface area contributed by atoms with Crippen molar-refractivity contribution in [3.05, 3.63) is 35.9 Å². The van der Waals surface area contributed by atoms with Gasteiger partial charge in [0.15, 0.2) is 0 Å². The lowest BCUT2D eigenvalue weighted by molar-refractivity contribution is -0.149. The maximum absolute atomic E-state index is 14.3. The summed E-state index contributed by atoms with van der Waals surface area (Å²) in [6, 6.07) is 7.57. The zero-order valence-corrected chi connectivity index (χ0v) is 22.4. The van der Waals surface area contributed by atoms with Crippen LogP contribution in [0.5, 0.6) is 0 Å². The van der Waals surface area contributed by atoms with E-state index in [-0.39, 0.29) is 24.3 Å². The highest BCUT2D eigenvalue weighted by molar-refractivity contribution is 5.99. The summed E-state index contributed by atoms with van der Waals surface area (Å²) < 4.78 is 12.1. The van der Waals surface area contributed by atoms with Crippen molar-refractivity contribution < 1.29 is 29.0 Å². The first-order valence-corrected chi connectivity index (χ1v) is 13.9. The van der Waals surface area contributed by atoms with E-state index < -0.39 is 35.1 Å². The molecule has 1 aromatic rings. The predicted molar refractivity (Wildman–Crippen MR) is 139 cm³/mol. The number of hydrogen-bond donors (Lipinski definition) is 3. The van der Waals surface area contributed by atoms with Crippen LogP contribution in [0.2, 0.25) is 0 Å². The summed E-state index contributed by atoms with van der Waals surface area (Å²) in [6.45, 7) is 8.10. The van der Waals surface area contributed by atoms with Crippen LogP contribution in [-0.4, -0.2) is 102 Å². The van der Waals surface area contributed by atoms with Crippen molar-refractivity contribution in [3.8, 4) is 0 Å². The van der Waals surface area contributed by atoms with Gasteiger partial charge >= 0.3 is 0 Å². The highest BCUT2D eigenvalue weighted by Crippen LogP contribution is 2.64. The van der Waals surface area contributed by atoms with Gasteiger partial charge in [0, 0.05) is 32.7 Å². The smallest absolute Gasteiger partial charge is 0.245 e. The van der Waals surface area contributed by atoms with Gasteiger partial charge in [-0.05, 0) is 31.7 Å². The summed E-state index contributed by atoms with van der Waals surface area (Å²) in [5.74, 6) is -2.29. The third-order valence-corrected chi connectivity index (χ3v) is 8.82. The Morgan fingerprint density at radius 1 is 1.11 bits per heavy atom. The summed E-state index contributed by atoms with van der Waals surface area (Å²) in [4.78, 5) is 45.4. The number of benzene rings is 1. The molecule has 2 bridgehead atoms. The Labute approximate surface area is 224 Å². The molecule has 4 heterocycles. The van der Waals surface area contributed by atoms with Gasteiger partial charge in [-0.3, -0.25) is 19.3 Å². The lowest BCUT2D eigenvalue weighted by atomic mass is 9.66. The molecule has 38 heavy (non-hydrogen) atoms. The van der Waals surface area contributed by atoms with E-state index in [1.165, 1.54) is 4.90 Å². The molecule has 4 fully saturated rings. The average molecular weight is 529 g/mol. The van der Waals surface area contributed by atoms with E-state index in [0.29, 0.717) is 45.7 Å². The topological polar surface area (TPSA) is 120 Å². The molecule has 6 atom stereocenters. The van der Waals surface area contributed by atoms with E-state index in [2.05, 4.69) is 15.5 Å². The second kappa shape index (κ2) is 10.9. The number of fused-ring (bicyclic) bond motifs is 1. The Kier molecular flexibility index (Phi) is 7.77. The Hall–Kier alpha value is -2.53. The molecule has 0 radical (unpaired) electrons. The first-order valence-electron chi connectivity index (χ1n) is 13.9. The molecule has 4 aliphatic rings. The third-order valence-electron chi connectivity index (χ3n) is 8.82. The normalized spacial score (nSPS) is 33.3. The van der Waals surface area contributed by atoms with Gasteiger partial charge in [-0.2, -0.15) is 0 Å². The minimum Gasteiger partial charge on any atom is -0.394 e. The first-order chi connectivity index (χ1) is 18.4. The van der Waals surface area contributed by atoms with E-state index in [4.69, 9.17) is 9.47 Å². The minimum absolute atomic E-state index is 0.206. The monoisotopic (exact) mass is 528 g/mol. The Balaban J connectivity index is 1.47. The molecule has 2 unspecified atom stereocenters. The van der Waals surface area contributed by atoms with Crippen molar-refractivity contribution in [2.45, 2.75) is 56.4 Å². The molecule has 0 aromatic heterocycles. The van der Waals surface area contributed by atoms with Crippen molar-refractivity contribution in [2.75, 3.05) is 52.5 Å². The van der Waals surface area contributed by atoms with Crippen LogP contribution in [0.1, 0.15) is 44.7 Å². The average Bonchev–Trinajstić information content (AvgIpc) is 3.50.